The second-order valence-electron chi connectivity index (χ2n) is 11.9. The molecule has 216 valence electrons. The standard InChI is InChI=1S/C34H50O5/c1-5-6-7-8-9-10-11-12-13-14-15-16-17-18-19-20-21-25(2)32(36)30-31-28-24-38-26(3)22-27(28)23-29(35)34(31,4)39-33(30)37/h22-25H,5-21H2,1-4H3/t25-,34-/m0/s1. The molecule has 39 heavy (non-hydrogen) atoms. The third-order valence-corrected chi connectivity index (χ3v) is 8.47. The SMILES string of the molecule is CCCCCCCCCCCCCCCCCC[C@H](C)C(=O)C1=C2C3=COC(C)=CC3=CC(=O)[C@]2(C)OC1=O. The Labute approximate surface area is 236 Å². The lowest BCUT2D eigenvalue weighted by Crippen LogP contribution is -2.40. The van der Waals surface area contributed by atoms with Crippen molar-refractivity contribution in [1.29, 1.82) is 0 Å². The molecule has 1 aliphatic carbocycles. The summed E-state index contributed by atoms with van der Waals surface area (Å²) in [5, 5.41) is 0. The predicted molar refractivity (Wildman–Crippen MR) is 156 cm³/mol. The molecule has 2 heterocycles. The topological polar surface area (TPSA) is 69.7 Å². The quantitative estimate of drug-likeness (QED) is 0.0934. The van der Waals surface area contributed by atoms with Crippen LogP contribution < -0.4 is 0 Å². The van der Waals surface area contributed by atoms with Crippen LogP contribution in [-0.2, 0) is 23.9 Å². The molecule has 0 saturated carbocycles. The van der Waals surface area contributed by atoms with Gasteiger partial charge in [0.2, 0.25) is 5.78 Å². The van der Waals surface area contributed by atoms with Gasteiger partial charge >= 0.3 is 5.97 Å². The van der Waals surface area contributed by atoms with Crippen molar-refractivity contribution in [2.75, 3.05) is 0 Å². The summed E-state index contributed by atoms with van der Waals surface area (Å²) in [4.78, 5) is 39.1. The van der Waals surface area contributed by atoms with E-state index in [1.54, 1.807) is 19.9 Å². The van der Waals surface area contributed by atoms with Crippen molar-refractivity contribution in [2.45, 2.75) is 142 Å². The van der Waals surface area contributed by atoms with Gasteiger partial charge in [0.05, 0.1) is 6.26 Å². The highest BCUT2D eigenvalue weighted by Crippen LogP contribution is 2.46. The van der Waals surface area contributed by atoms with Gasteiger partial charge in [-0.2, -0.15) is 0 Å². The van der Waals surface area contributed by atoms with E-state index in [9.17, 15) is 14.4 Å². The van der Waals surface area contributed by atoms with Crippen LogP contribution in [0.4, 0.5) is 0 Å². The molecule has 2 aliphatic heterocycles. The van der Waals surface area contributed by atoms with Crippen molar-refractivity contribution >= 4 is 17.5 Å². The molecule has 0 radical (unpaired) electrons. The summed E-state index contributed by atoms with van der Waals surface area (Å²) in [6, 6.07) is 0. The zero-order valence-electron chi connectivity index (χ0n) is 24.9. The van der Waals surface area contributed by atoms with Crippen LogP contribution in [0.2, 0.25) is 0 Å². The molecule has 0 spiro atoms. The predicted octanol–water partition coefficient (Wildman–Crippen LogP) is 8.78. The van der Waals surface area contributed by atoms with Gasteiger partial charge in [0.15, 0.2) is 11.4 Å². The van der Waals surface area contributed by atoms with Gasteiger partial charge < -0.3 is 9.47 Å². The summed E-state index contributed by atoms with van der Waals surface area (Å²) in [5.74, 6) is -0.914. The van der Waals surface area contributed by atoms with E-state index >= 15 is 0 Å². The Morgan fingerprint density at radius 3 is 1.87 bits per heavy atom. The van der Waals surface area contributed by atoms with E-state index in [1.807, 2.05) is 6.92 Å². The van der Waals surface area contributed by atoms with E-state index in [1.165, 1.54) is 102 Å². The minimum atomic E-state index is -1.46. The molecule has 3 rings (SSSR count). The molecule has 5 heteroatoms. The van der Waals surface area contributed by atoms with Crippen LogP contribution in [-0.4, -0.2) is 23.1 Å². The monoisotopic (exact) mass is 538 g/mol. The van der Waals surface area contributed by atoms with Gasteiger partial charge in [0.1, 0.15) is 11.3 Å². The number of ether oxygens (including phenoxy) is 2. The molecule has 3 aliphatic rings. The molecule has 0 bridgehead atoms. The molecule has 0 unspecified atom stereocenters. The molecular weight excluding hydrogens is 488 g/mol. The van der Waals surface area contributed by atoms with Gasteiger partial charge in [-0.1, -0.05) is 117 Å². The highest BCUT2D eigenvalue weighted by Gasteiger charge is 2.54. The number of allylic oxidation sites excluding steroid dienone is 3. The molecular formula is C34H50O5. The second kappa shape index (κ2) is 15.4. The van der Waals surface area contributed by atoms with Crippen molar-refractivity contribution in [2.24, 2.45) is 5.92 Å². The van der Waals surface area contributed by atoms with E-state index in [2.05, 4.69) is 6.92 Å². The fourth-order valence-electron chi connectivity index (χ4n) is 5.95. The fraction of sp³-hybridized carbons (Fsp3) is 0.676. The lowest BCUT2D eigenvalue weighted by atomic mass is 9.75. The number of hydrogen-bond donors (Lipinski definition) is 0. The van der Waals surface area contributed by atoms with Crippen molar-refractivity contribution in [3.63, 3.8) is 0 Å². The number of rotatable bonds is 19. The minimum absolute atomic E-state index is 0.0169. The summed E-state index contributed by atoms with van der Waals surface area (Å²) in [6.45, 7) is 7.51. The normalized spacial score (nSPS) is 21.0. The zero-order chi connectivity index (χ0) is 28.3. The minimum Gasteiger partial charge on any atom is -0.469 e. The molecule has 0 fully saturated rings. The van der Waals surface area contributed by atoms with Gasteiger partial charge in [0.25, 0.3) is 0 Å². The van der Waals surface area contributed by atoms with Crippen LogP contribution in [0.3, 0.4) is 0 Å². The van der Waals surface area contributed by atoms with Gasteiger partial charge in [-0.25, -0.2) is 4.79 Å². The average Bonchev–Trinajstić information content (AvgIpc) is 3.19. The molecule has 2 atom stereocenters. The Morgan fingerprint density at radius 1 is 0.821 bits per heavy atom. The van der Waals surface area contributed by atoms with Crippen molar-refractivity contribution in [1.82, 2.24) is 0 Å². The highest BCUT2D eigenvalue weighted by molar-refractivity contribution is 6.24. The van der Waals surface area contributed by atoms with Crippen LogP contribution in [0.1, 0.15) is 137 Å². The Morgan fingerprint density at radius 2 is 1.33 bits per heavy atom. The number of ketones is 2. The Hall–Kier alpha value is -2.43. The summed E-state index contributed by atoms with van der Waals surface area (Å²) < 4.78 is 11.1. The Bertz CT molecular complexity index is 1010. The molecule has 0 saturated heterocycles. The van der Waals surface area contributed by atoms with Crippen LogP contribution in [0.25, 0.3) is 0 Å². The van der Waals surface area contributed by atoms with Gasteiger partial charge in [-0.05, 0) is 38.0 Å². The molecule has 0 N–H and O–H groups in total. The Balaban J connectivity index is 1.34. The molecule has 0 amide bonds. The van der Waals surface area contributed by atoms with Gasteiger partial charge in [0, 0.05) is 17.1 Å². The average molecular weight is 539 g/mol. The largest absolute Gasteiger partial charge is 0.469 e. The molecule has 0 aromatic heterocycles. The van der Waals surface area contributed by atoms with Crippen molar-refractivity contribution in [3.8, 4) is 0 Å². The smallest absolute Gasteiger partial charge is 0.343 e. The maximum Gasteiger partial charge on any atom is 0.343 e. The third-order valence-electron chi connectivity index (χ3n) is 8.47. The first-order valence-corrected chi connectivity index (χ1v) is 15.6. The summed E-state index contributed by atoms with van der Waals surface area (Å²) in [5.41, 5.74) is 0.163. The molecule has 5 nitrogen and oxygen atoms in total. The summed E-state index contributed by atoms with van der Waals surface area (Å²) in [6.07, 6.45) is 26.4. The third kappa shape index (κ3) is 8.28. The van der Waals surface area contributed by atoms with E-state index in [0.717, 1.165) is 19.3 Å². The number of fused-ring (bicyclic) bond motifs is 3. The van der Waals surface area contributed by atoms with E-state index in [-0.39, 0.29) is 23.1 Å². The van der Waals surface area contributed by atoms with E-state index in [4.69, 9.17) is 9.47 Å². The highest BCUT2D eigenvalue weighted by atomic mass is 16.6. The second-order valence-corrected chi connectivity index (χ2v) is 11.9. The first-order valence-electron chi connectivity index (χ1n) is 15.6. The number of unbranched alkanes of at least 4 members (excludes halogenated alkanes) is 15. The summed E-state index contributed by atoms with van der Waals surface area (Å²) in [7, 11) is 0. The van der Waals surface area contributed by atoms with Gasteiger partial charge in [-0.3, -0.25) is 9.59 Å². The molecule has 0 aromatic rings. The summed E-state index contributed by atoms with van der Waals surface area (Å²) >= 11 is 0. The van der Waals surface area contributed by atoms with Crippen molar-refractivity contribution in [3.05, 3.63) is 46.5 Å². The van der Waals surface area contributed by atoms with E-state index in [0.29, 0.717) is 22.5 Å². The van der Waals surface area contributed by atoms with Gasteiger partial charge in [-0.15, -0.1) is 0 Å². The van der Waals surface area contributed by atoms with Crippen molar-refractivity contribution < 1.29 is 23.9 Å². The zero-order valence-corrected chi connectivity index (χ0v) is 24.9. The number of esters is 1. The van der Waals surface area contributed by atoms with E-state index < -0.39 is 11.6 Å². The number of carbonyl (C=O) groups is 3. The molecule has 0 aromatic carbocycles. The fourth-order valence-corrected chi connectivity index (χ4v) is 5.95. The van der Waals surface area contributed by atoms with Crippen LogP contribution in [0.5, 0.6) is 0 Å². The number of carbonyl (C=O) groups excluding carboxylic acids is 3. The lowest BCUT2D eigenvalue weighted by Gasteiger charge is -2.31. The first-order chi connectivity index (χ1) is 18.8. The lowest BCUT2D eigenvalue weighted by molar-refractivity contribution is -0.153. The first kappa shape index (κ1) is 31.1. The number of hydrogen-bond acceptors (Lipinski definition) is 5. The maximum atomic E-state index is 13.4. The van der Waals surface area contributed by atoms with Crippen LogP contribution in [0, 0.1) is 5.92 Å². The maximum absolute atomic E-state index is 13.4. The number of Topliss-reactive ketones (excluding diaryl/α,β-unsaturated/α-hetero) is 1. The Kier molecular flexibility index (Phi) is 12.3. The van der Waals surface area contributed by atoms with Crippen LogP contribution in [0.15, 0.2) is 46.5 Å². The van der Waals surface area contributed by atoms with Crippen LogP contribution >= 0.6 is 0 Å².